The van der Waals surface area contributed by atoms with Gasteiger partial charge in [-0.25, -0.2) is 4.98 Å². The summed E-state index contributed by atoms with van der Waals surface area (Å²) in [5.74, 6) is 0.0851. The minimum atomic E-state index is -0.906. The van der Waals surface area contributed by atoms with Crippen molar-refractivity contribution in [1.29, 1.82) is 0 Å². The molecule has 25 heavy (non-hydrogen) atoms. The quantitative estimate of drug-likeness (QED) is 0.706. The number of carboxylic acids is 1. The van der Waals surface area contributed by atoms with Gasteiger partial charge < -0.3 is 14.8 Å². The molecular weight excluding hydrogens is 324 g/mol. The minimum Gasteiger partial charge on any atom is -0.493 e. The zero-order valence-electron chi connectivity index (χ0n) is 13.5. The lowest BCUT2D eigenvalue weighted by Gasteiger charge is -2.05. The van der Waals surface area contributed by atoms with Crippen molar-refractivity contribution in [2.45, 2.75) is 6.42 Å². The molecule has 3 aromatic rings. The van der Waals surface area contributed by atoms with Crippen molar-refractivity contribution in [1.82, 2.24) is 19.7 Å². The maximum atomic E-state index is 12.0. The van der Waals surface area contributed by atoms with E-state index in [4.69, 9.17) is 9.84 Å². The minimum absolute atomic E-state index is 0.0596. The van der Waals surface area contributed by atoms with E-state index in [1.54, 1.807) is 42.1 Å². The topological polar surface area (TPSA) is 110 Å². The van der Waals surface area contributed by atoms with Crippen LogP contribution in [0.1, 0.15) is 17.8 Å². The van der Waals surface area contributed by atoms with Crippen LogP contribution in [0.3, 0.4) is 0 Å². The summed E-state index contributed by atoms with van der Waals surface area (Å²) < 4.78 is 6.93. The van der Waals surface area contributed by atoms with E-state index in [9.17, 15) is 9.59 Å². The first-order valence-electron chi connectivity index (χ1n) is 7.58. The molecule has 0 aliphatic carbocycles. The summed E-state index contributed by atoms with van der Waals surface area (Å²) in [6, 6.07) is 7.19. The highest BCUT2D eigenvalue weighted by Crippen LogP contribution is 2.15. The molecule has 0 unspecified atom stereocenters. The Balaban J connectivity index is 1.79. The van der Waals surface area contributed by atoms with Gasteiger partial charge in [0.15, 0.2) is 5.65 Å². The molecule has 0 spiro atoms. The lowest BCUT2D eigenvalue weighted by Crippen LogP contribution is -2.09. The van der Waals surface area contributed by atoms with Gasteiger partial charge in [0.25, 0.3) is 5.56 Å². The summed E-state index contributed by atoms with van der Waals surface area (Å²) in [7, 11) is 1.72. The predicted octanol–water partition coefficient (Wildman–Crippen LogP) is 1.68. The number of aryl methyl sites for hydroxylation is 1. The van der Waals surface area contributed by atoms with Crippen LogP contribution in [0, 0.1) is 0 Å². The lowest BCUT2D eigenvalue weighted by atomic mass is 10.2. The van der Waals surface area contributed by atoms with Crippen LogP contribution >= 0.6 is 0 Å². The number of aromatic nitrogens is 4. The maximum absolute atomic E-state index is 12.0. The highest BCUT2D eigenvalue weighted by molar-refractivity contribution is 5.75. The van der Waals surface area contributed by atoms with Gasteiger partial charge in [0.2, 0.25) is 0 Å². The molecule has 0 saturated heterocycles. The van der Waals surface area contributed by atoms with E-state index in [0.29, 0.717) is 22.6 Å². The van der Waals surface area contributed by atoms with E-state index < -0.39 is 5.97 Å². The van der Waals surface area contributed by atoms with Crippen LogP contribution in [-0.4, -0.2) is 37.4 Å². The molecular formula is C17H16N4O4. The van der Waals surface area contributed by atoms with Gasteiger partial charge in [-0.15, -0.1) is 0 Å². The van der Waals surface area contributed by atoms with Gasteiger partial charge in [-0.05, 0) is 23.8 Å². The average Bonchev–Trinajstić information content (AvgIpc) is 2.95. The number of aliphatic carboxylic acids is 1. The summed E-state index contributed by atoms with van der Waals surface area (Å²) >= 11 is 0. The summed E-state index contributed by atoms with van der Waals surface area (Å²) in [4.78, 5) is 29.6. The van der Waals surface area contributed by atoms with Gasteiger partial charge in [0.05, 0.1) is 19.2 Å². The Labute approximate surface area is 142 Å². The monoisotopic (exact) mass is 340 g/mol. The number of carbonyl (C=O) groups is 1. The predicted molar refractivity (Wildman–Crippen MR) is 92.2 cm³/mol. The van der Waals surface area contributed by atoms with Crippen molar-refractivity contribution >= 4 is 29.2 Å². The second-order valence-electron chi connectivity index (χ2n) is 5.35. The van der Waals surface area contributed by atoms with Crippen LogP contribution in [0.15, 0.2) is 35.3 Å². The second kappa shape index (κ2) is 7.00. The van der Waals surface area contributed by atoms with Crippen LogP contribution in [0.25, 0.3) is 23.2 Å². The number of rotatable bonds is 6. The molecule has 2 aromatic heterocycles. The van der Waals surface area contributed by atoms with Crippen molar-refractivity contribution in [3.8, 4) is 5.75 Å². The first-order valence-corrected chi connectivity index (χ1v) is 7.58. The van der Waals surface area contributed by atoms with Gasteiger partial charge in [0, 0.05) is 7.05 Å². The molecule has 8 heteroatoms. The van der Waals surface area contributed by atoms with Gasteiger partial charge in [-0.2, -0.15) is 5.10 Å². The molecule has 0 atom stereocenters. The molecule has 0 radical (unpaired) electrons. The van der Waals surface area contributed by atoms with Crippen LogP contribution < -0.4 is 10.3 Å². The lowest BCUT2D eigenvalue weighted by molar-refractivity contribution is -0.137. The highest BCUT2D eigenvalue weighted by Gasteiger charge is 2.06. The summed E-state index contributed by atoms with van der Waals surface area (Å²) in [5, 5.41) is 13.1. The van der Waals surface area contributed by atoms with E-state index in [1.807, 2.05) is 6.07 Å². The fourth-order valence-electron chi connectivity index (χ4n) is 2.27. The van der Waals surface area contributed by atoms with Crippen molar-refractivity contribution < 1.29 is 14.6 Å². The van der Waals surface area contributed by atoms with Crippen LogP contribution in [0.2, 0.25) is 0 Å². The fraction of sp³-hybridized carbons (Fsp3) is 0.176. The van der Waals surface area contributed by atoms with Gasteiger partial charge >= 0.3 is 5.97 Å². The summed E-state index contributed by atoms with van der Waals surface area (Å²) in [6.07, 6.45) is 4.89. The number of benzene rings is 1. The smallest absolute Gasteiger partial charge is 0.306 e. The maximum Gasteiger partial charge on any atom is 0.306 e. The Morgan fingerprint density at radius 1 is 1.40 bits per heavy atom. The number of H-pyrrole nitrogens is 1. The first kappa shape index (κ1) is 16.4. The summed E-state index contributed by atoms with van der Waals surface area (Å²) in [5.41, 5.74) is 1.10. The summed E-state index contributed by atoms with van der Waals surface area (Å²) in [6.45, 7) is 0.106. The number of fused-ring (bicyclic) bond motifs is 1. The van der Waals surface area contributed by atoms with Crippen molar-refractivity contribution in [2.75, 3.05) is 6.61 Å². The number of ether oxygens (including phenoxy) is 1. The molecule has 2 heterocycles. The van der Waals surface area contributed by atoms with Gasteiger partial charge in [-0.3, -0.25) is 14.3 Å². The van der Waals surface area contributed by atoms with Crippen molar-refractivity contribution in [2.24, 2.45) is 7.05 Å². The molecule has 1 aromatic carbocycles. The normalized spacial score (nSPS) is 11.2. The number of carboxylic acid groups (broad SMARTS) is 1. The van der Waals surface area contributed by atoms with Gasteiger partial charge in [-0.1, -0.05) is 18.2 Å². The van der Waals surface area contributed by atoms with E-state index >= 15 is 0 Å². The number of aromatic amines is 1. The van der Waals surface area contributed by atoms with E-state index in [-0.39, 0.29) is 18.6 Å². The second-order valence-corrected chi connectivity index (χ2v) is 5.35. The Kier molecular flexibility index (Phi) is 4.60. The Morgan fingerprint density at radius 3 is 3.04 bits per heavy atom. The molecule has 2 N–H and O–H groups in total. The third kappa shape index (κ3) is 3.92. The molecule has 8 nitrogen and oxygen atoms in total. The van der Waals surface area contributed by atoms with Crippen LogP contribution in [-0.2, 0) is 11.8 Å². The standard InChI is InChI=1S/C17H16N4O4/c1-21-16-13(10-18-21)17(24)20-14(19-16)6-5-11-3-2-4-12(9-11)25-8-7-15(22)23/h2-6,9-10H,7-8H2,1H3,(H,22,23)(H,19,20,24)/b6-5+. The SMILES string of the molecule is Cn1ncc2c(=O)[nH]c(/C=C/c3cccc(OCCC(=O)O)c3)nc21. The third-order valence-corrected chi connectivity index (χ3v) is 3.50. The molecule has 3 rings (SSSR count). The Bertz CT molecular complexity index is 1000. The molecule has 128 valence electrons. The number of hydrogen-bond donors (Lipinski definition) is 2. The number of hydrogen-bond acceptors (Lipinski definition) is 5. The zero-order valence-corrected chi connectivity index (χ0v) is 13.5. The molecule has 0 saturated carbocycles. The van der Waals surface area contributed by atoms with E-state index in [1.165, 1.54) is 6.20 Å². The number of nitrogens with zero attached hydrogens (tertiary/aromatic N) is 3. The fourth-order valence-corrected chi connectivity index (χ4v) is 2.27. The van der Waals surface area contributed by atoms with E-state index in [2.05, 4.69) is 15.1 Å². The highest BCUT2D eigenvalue weighted by atomic mass is 16.5. The molecule has 0 aliphatic heterocycles. The zero-order chi connectivity index (χ0) is 17.8. The van der Waals surface area contributed by atoms with Crippen molar-refractivity contribution in [3.63, 3.8) is 0 Å². The molecule has 0 aliphatic rings. The van der Waals surface area contributed by atoms with Crippen molar-refractivity contribution in [3.05, 3.63) is 52.2 Å². The Morgan fingerprint density at radius 2 is 2.24 bits per heavy atom. The largest absolute Gasteiger partial charge is 0.493 e. The van der Waals surface area contributed by atoms with E-state index in [0.717, 1.165) is 5.56 Å². The van der Waals surface area contributed by atoms with Crippen LogP contribution in [0.4, 0.5) is 0 Å². The molecule has 0 fully saturated rings. The average molecular weight is 340 g/mol. The number of nitrogens with one attached hydrogen (secondary N) is 1. The van der Waals surface area contributed by atoms with Crippen LogP contribution in [0.5, 0.6) is 5.75 Å². The molecule has 0 bridgehead atoms. The Hall–Kier alpha value is -3.42. The van der Waals surface area contributed by atoms with Gasteiger partial charge in [0.1, 0.15) is 17.0 Å². The third-order valence-electron chi connectivity index (χ3n) is 3.50. The first-order chi connectivity index (χ1) is 12.0. The molecule has 0 amide bonds.